The van der Waals surface area contributed by atoms with Crippen LogP contribution in [-0.4, -0.2) is 7.91 Å². The second-order valence-corrected chi connectivity index (χ2v) is 6.35. The van der Waals surface area contributed by atoms with E-state index in [1.165, 1.54) is 43.1 Å². The van der Waals surface area contributed by atoms with Gasteiger partial charge in [-0.05, 0) is 23.1 Å². The van der Waals surface area contributed by atoms with Crippen LogP contribution in [0.2, 0.25) is 8.67 Å². The molecule has 0 radical (unpaired) electrons. The van der Waals surface area contributed by atoms with Crippen LogP contribution in [0.4, 0.5) is 0 Å². The minimum absolute atomic E-state index is 0.0417. The number of aromatic nitrogens is 2. The molecule has 0 unspecified atom stereocenters. The molecule has 0 saturated carbocycles. The van der Waals surface area contributed by atoms with Crippen molar-refractivity contribution in [3.05, 3.63) is 41.5 Å². The highest BCUT2D eigenvalue weighted by Crippen LogP contribution is 2.10. The van der Waals surface area contributed by atoms with Crippen LogP contribution in [0.5, 0.6) is 0 Å². The maximum atomic E-state index is 10.5. The van der Waals surface area contributed by atoms with Gasteiger partial charge in [0.25, 0.3) is 11.1 Å². The van der Waals surface area contributed by atoms with E-state index in [2.05, 4.69) is 0 Å². The Bertz CT molecular complexity index is 529. The Morgan fingerprint density at radius 1 is 0.938 bits per heavy atom. The molecule has 16 heavy (non-hydrogen) atoms. The third-order valence-electron chi connectivity index (χ3n) is 1.54. The number of halogens is 2. The van der Waals surface area contributed by atoms with Crippen LogP contribution in [0.1, 0.15) is 0 Å². The van der Waals surface area contributed by atoms with Gasteiger partial charge in [-0.1, -0.05) is 23.2 Å². The Hall–Kier alpha value is -0.560. The molecule has 4 nitrogen and oxygen atoms in total. The van der Waals surface area contributed by atoms with E-state index >= 15 is 0 Å². The van der Waals surface area contributed by atoms with Crippen molar-refractivity contribution in [3.63, 3.8) is 0 Å². The predicted octanol–water partition coefficient (Wildman–Crippen LogP) is 2.20. The highest BCUT2D eigenvalue weighted by Gasteiger charge is 1.94. The van der Waals surface area contributed by atoms with Crippen LogP contribution in [-0.2, 0) is 14.1 Å². The first-order chi connectivity index (χ1) is 7.40. The highest BCUT2D eigenvalue weighted by molar-refractivity contribution is 7.11. The Balaban J connectivity index is 0.000000160. The quantitative estimate of drug-likeness (QED) is 0.748. The summed E-state index contributed by atoms with van der Waals surface area (Å²) in [6.45, 7) is 0. The Morgan fingerprint density at radius 2 is 1.25 bits per heavy atom. The molecular weight excluding hydrogens is 291 g/mol. The third-order valence-corrected chi connectivity index (χ3v) is 3.67. The Labute approximate surface area is 110 Å². The minimum atomic E-state index is -0.0417. The SMILES string of the molecule is Cn1sc(Cl)cc1=O.Cn1sc(Cl)cc1=O. The number of nitrogens with zero attached hydrogens (tertiary/aromatic N) is 2. The van der Waals surface area contributed by atoms with Crippen molar-refractivity contribution in [1.82, 2.24) is 7.91 Å². The molecule has 88 valence electrons. The molecule has 0 spiro atoms. The standard InChI is InChI=1S/2C4H4ClNOS/c2*1-6-4(7)2-3(5)8-6/h2*2H,1H3. The van der Waals surface area contributed by atoms with Crippen molar-refractivity contribution in [2.75, 3.05) is 0 Å². The molecule has 0 bridgehead atoms. The van der Waals surface area contributed by atoms with Gasteiger partial charge in [0.1, 0.15) is 8.67 Å². The van der Waals surface area contributed by atoms with E-state index in [-0.39, 0.29) is 11.1 Å². The zero-order valence-electron chi connectivity index (χ0n) is 8.44. The summed E-state index contributed by atoms with van der Waals surface area (Å²) >= 11 is 13.4. The van der Waals surface area contributed by atoms with Crippen LogP contribution >= 0.6 is 46.3 Å². The van der Waals surface area contributed by atoms with Crippen molar-refractivity contribution < 1.29 is 0 Å². The second-order valence-electron chi connectivity index (χ2n) is 2.75. The maximum absolute atomic E-state index is 10.5. The topological polar surface area (TPSA) is 44.0 Å². The third kappa shape index (κ3) is 3.79. The fourth-order valence-electron chi connectivity index (χ4n) is 0.780. The fourth-order valence-corrected chi connectivity index (χ4v) is 2.70. The Kier molecular flexibility index (Phi) is 4.79. The molecule has 0 saturated heterocycles. The maximum Gasteiger partial charge on any atom is 0.261 e. The molecule has 2 heterocycles. The molecule has 0 N–H and O–H groups in total. The highest BCUT2D eigenvalue weighted by atomic mass is 35.5. The summed E-state index contributed by atoms with van der Waals surface area (Å²) in [6, 6.07) is 2.79. The van der Waals surface area contributed by atoms with Crippen molar-refractivity contribution in [1.29, 1.82) is 0 Å². The summed E-state index contributed by atoms with van der Waals surface area (Å²) in [5, 5.41) is 0. The van der Waals surface area contributed by atoms with Crippen LogP contribution in [0.15, 0.2) is 21.7 Å². The lowest BCUT2D eigenvalue weighted by Crippen LogP contribution is -2.05. The fraction of sp³-hybridized carbons (Fsp3) is 0.250. The van der Waals surface area contributed by atoms with E-state index in [4.69, 9.17) is 23.2 Å². The van der Waals surface area contributed by atoms with Crippen molar-refractivity contribution >= 4 is 46.3 Å². The van der Waals surface area contributed by atoms with Crippen molar-refractivity contribution in [3.8, 4) is 0 Å². The van der Waals surface area contributed by atoms with Gasteiger partial charge in [-0.3, -0.25) is 17.5 Å². The average Bonchev–Trinajstić information content (AvgIpc) is 2.58. The summed E-state index contributed by atoms with van der Waals surface area (Å²) in [5.41, 5.74) is -0.0833. The lowest BCUT2D eigenvalue weighted by molar-refractivity contribution is 0.981. The van der Waals surface area contributed by atoms with E-state index in [0.29, 0.717) is 8.67 Å². The summed E-state index contributed by atoms with van der Waals surface area (Å²) < 4.78 is 4.03. The number of hydrogen-bond acceptors (Lipinski definition) is 4. The molecule has 0 atom stereocenters. The van der Waals surface area contributed by atoms with E-state index < -0.39 is 0 Å². The summed E-state index contributed by atoms with van der Waals surface area (Å²) in [5.74, 6) is 0. The second kappa shape index (κ2) is 5.67. The van der Waals surface area contributed by atoms with Crippen molar-refractivity contribution in [2.45, 2.75) is 0 Å². The predicted molar refractivity (Wildman–Crippen MR) is 69.1 cm³/mol. The molecule has 2 rings (SSSR count). The van der Waals surface area contributed by atoms with Crippen LogP contribution in [0, 0.1) is 0 Å². The molecule has 8 heteroatoms. The first-order valence-electron chi connectivity index (χ1n) is 4.06. The van der Waals surface area contributed by atoms with Crippen LogP contribution in [0.3, 0.4) is 0 Å². The molecule has 0 amide bonds. The summed E-state index contributed by atoms with van der Waals surface area (Å²) in [4.78, 5) is 21.1. The number of rotatable bonds is 0. The lowest BCUT2D eigenvalue weighted by atomic mass is 10.7. The summed E-state index contributed by atoms with van der Waals surface area (Å²) in [7, 11) is 3.36. The molecule has 0 aliphatic heterocycles. The molecule has 0 aliphatic carbocycles. The van der Waals surface area contributed by atoms with E-state index in [1.807, 2.05) is 0 Å². The van der Waals surface area contributed by atoms with Gasteiger partial charge < -0.3 is 0 Å². The van der Waals surface area contributed by atoms with Gasteiger partial charge in [0, 0.05) is 26.2 Å². The van der Waals surface area contributed by atoms with Gasteiger partial charge in [-0.25, -0.2) is 0 Å². The molecule has 0 aliphatic rings. The first-order valence-corrected chi connectivity index (χ1v) is 6.36. The average molecular weight is 299 g/mol. The lowest BCUT2D eigenvalue weighted by Gasteiger charge is -1.77. The molecule has 0 fully saturated rings. The molecule has 2 aromatic heterocycles. The first kappa shape index (κ1) is 13.5. The zero-order chi connectivity index (χ0) is 12.3. The summed E-state index contributed by atoms with van der Waals surface area (Å²) in [6.07, 6.45) is 0. The smallest absolute Gasteiger partial charge is 0.261 e. The van der Waals surface area contributed by atoms with Gasteiger partial charge in [0.05, 0.1) is 0 Å². The molecular formula is C8H8Cl2N2O2S2. The number of aryl methyl sites for hydroxylation is 2. The van der Waals surface area contributed by atoms with Gasteiger partial charge >= 0.3 is 0 Å². The Morgan fingerprint density at radius 3 is 1.31 bits per heavy atom. The van der Waals surface area contributed by atoms with Crippen LogP contribution < -0.4 is 11.1 Å². The van der Waals surface area contributed by atoms with Crippen LogP contribution in [0.25, 0.3) is 0 Å². The van der Waals surface area contributed by atoms with E-state index in [0.717, 1.165) is 0 Å². The monoisotopic (exact) mass is 298 g/mol. The van der Waals surface area contributed by atoms with Crippen molar-refractivity contribution in [2.24, 2.45) is 14.1 Å². The normalized spacial score (nSPS) is 9.75. The van der Waals surface area contributed by atoms with Gasteiger partial charge in [0.2, 0.25) is 0 Å². The van der Waals surface area contributed by atoms with E-state index in [1.54, 1.807) is 14.1 Å². The zero-order valence-corrected chi connectivity index (χ0v) is 11.6. The van der Waals surface area contributed by atoms with E-state index in [9.17, 15) is 9.59 Å². The minimum Gasteiger partial charge on any atom is -0.268 e. The number of hydrogen-bond donors (Lipinski definition) is 0. The van der Waals surface area contributed by atoms with Gasteiger partial charge in [-0.2, -0.15) is 0 Å². The molecule has 2 aromatic rings. The molecule has 0 aromatic carbocycles. The van der Waals surface area contributed by atoms with Gasteiger partial charge in [0.15, 0.2) is 0 Å². The van der Waals surface area contributed by atoms with Gasteiger partial charge in [-0.15, -0.1) is 0 Å². The largest absolute Gasteiger partial charge is 0.268 e.